The highest BCUT2D eigenvalue weighted by atomic mass is 32.2. The lowest BCUT2D eigenvalue weighted by Crippen LogP contribution is -2.69. The van der Waals surface area contributed by atoms with Crippen molar-refractivity contribution in [2.75, 3.05) is 32.0 Å². The molecule has 0 radical (unpaired) electrons. The number of thioether (sulfide) groups is 1. The van der Waals surface area contributed by atoms with Crippen LogP contribution in [0, 0.1) is 17.3 Å². The topological polar surface area (TPSA) is 390 Å². The highest BCUT2D eigenvalue weighted by Gasteiger charge is 2.59. The van der Waals surface area contributed by atoms with Gasteiger partial charge in [0.05, 0.1) is 54.9 Å². The summed E-state index contributed by atoms with van der Waals surface area (Å²) in [5.74, 6) is -12.1. The molecule has 13 N–H and O–H groups in total. The number of carbonyl (C=O) groups excluding carboxylic acids is 11. The Kier molecular flexibility index (Phi) is 18.0. The van der Waals surface area contributed by atoms with Gasteiger partial charge in [-0.3, -0.25) is 57.6 Å². The number of hydrogen-bond acceptors (Lipinski definition) is 17. The number of aromatic amines is 1. The van der Waals surface area contributed by atoms with Crippen LogP contribution in [0.2, 0.25) is 0 Å². The minimum Gasteiger partial charge on any atom is -0.465 e. The molecule has 1 saturated heterocycles. The molecule has 7 heterocycles. The fraction of sp³-hybridized carbons (Fsp3) is 0.596. The van der Waals surface area contributed by atoms with Crippen molar-refractivity contribution >= 4 is 87.5 Å². The molecule has 79 heavy (non-hydrogen) atoms. The maximum atomic E-state index is 16.4. The van der Waals surface area contributed by atoms with Gasteiger partial charge in [0.1, 0.15) is 36.0 Å². The molecule has 2 unspecified atom stereocenters. The van der Waals surface area contributed by atoms with Crippen molar-refractivity contribution in [3.8, 4) is 5.75 Å². The molecule has 1 fully saturated rings. The Bertz CT molecular complexity index is 2820. The zero-order valence-electron chi connectivity index (χ0n) is 45.1. The van der Waals surface area contributed by atoms with Gasteiger partial charge < -0.3 is 68.0 Å². The van der Waals surface area contributed by atoms with Crippen molar-refractivity contribution in [2.24, 2.45) is 23.0 Å². The Morgan fingerprint density at radius 2 is 1.51 bits per heavy atom. The van der Waals surface area contributed by atoms with Crippen molar-refractivity contribution in [1.82, 2.24) is 52.0 Å². The fourth-order valence-corrected chi connectivity index (χ4v) is 12.6. The third kappa shape index (κ3) is 13.1. The SMILES string of the molecule is CC[C@H](C)[C@@H]1NC(=O)CNC(=O)[C@@H]2Cc3c4[nH]c5cc(ccc35)OC(CC(C)(C)CC(C)(C)N3C(=O)C=CC3=O)(C(=O)[C@H](CC(N)=O)NC(=O)C(CS4)NC(=O)CNC1=O)N1C[C@H](O)C[C@H]1C(=O)N[C@@H]([C@@H](C)[C@@H](O)CO)C(=O)N2. The maximum Gasteiger partial charge on any atom is 0.254 e. The summed E-state index contributed by atoms with van der Waals surface area (Å²) in [4.78, 5) is 163. The van der Waals surface area contributed by atoms with Gasteiger partial charge >= 0.3 is 0 Å². The molecule has 2 aromatic rings. The molecular formula is C52H71N11O15S. The number of nitrogens with one attached hydrogen (secondary N) is 8. The lowest BCUT2D eigenvalue weighted by atomic mass is 9.72. The van der Waals surface area contributed by atoms with Gasteiger partial charge in [0.15, 0.2) is 0 Å². The van der Waals surface area contributed by atoms with Crippen molar-refractivity contribution < 1.29 is 72.8 Å². The predicted molar refractivity (Wildman–Crippen MR) is 281 cm³/mol. The number of H-pyrrole nitrogens is 1. The second-order valence-electron chi connectivity index (χ2n) is 22.5. The summed E-state index contributed by atoms with van der Waals surface area (Å²) in [7, 11) is 0. The smallest absolute Gasteiger partial charge is 0.254 e. The first-order chi connectivity index (χ1) is 37.1. The zero-order chi connectivity index (χ0) is 58.1. The van der Waals surface area contributed by atoms with Crippen LogP contribution in [-0.2, 0) is 59.2 Å². The van der Waals surface area contributed by atoms with E-state index in [1.165, 1.54) is 24.0 Å². The monoisotopic (exact) mass is 1120 g/mol. The van der Waals surface area contributed by atoms with E-state index in [1.807, 2.05) is 0 Å². The van der Waals surface area contributed by atoms with Crippen LogP contribution in [0.4, 0.5) is 0 Å². The van der Waals surface area contributed by atoms with Crippen LogP contribution in [0.1, 0.15) is 86.1 Å². The van der Waals surface area contributed by atoms with Gasteiger partial charge in [0.25, 0.3) is 11.8 Å². The summed E-state index contributed by atoms with van der Waals surface area (Å²) < 4.78 is 7.08. The Morgan fingerprint density at radius 3 is 2.15 bits per heavy atom. The number of benzene rings is 1. The average molecular weight is 1120 g/mol. The molecule has 10 amide bonds. The van der Waals surface area contributed by atoms with Crippen LogP contribution in [0.3, 0.4) is 0 Å². The molecule has 1 aromatic heterocycles. The summed E-state index contributed by atoms with van der Waals surface area (Å²) in [6, 6.07) is -5.16. The first kappa shape index (κ1) is 59.7. The van der Waals surface area contributed by atoms with E-state index in [4.69, 9.17) is 10.5 Å². The largest absolute Gasteiger partial charge is 0.465 e. The zero-order valence-corrected chi connectivity index (χ0v) is 45.9. The normalized spacial score (nSPS) is 28.3. The van der Waals surface area contributed by atoms with E-state index >= 15 is 9.59 Å². The number of ketones is 1. The molecule has 1 aromatic carbocycles. The predicted octanol–water partition coefficient (Wildman–Crippen LogP) is -3.00. The highest BCUT2D eigenvalue weighted by molar-refractivity contribution is 7.99. The van der Waals surface area contributed by atoms with Crippen molar-refractivity contribution in [3.63, 3.8) is 0 Å². The number of hydrogen-bond donors (Lipinski definition) is 12. The number of nitrogens with zero attached hydrogens (tertiary/aromatic N) is 2. The molecule has 430 valence electrons. The number of aliphatic hydroxyl groups is 3. The summed E-state index contributed by atoms with van der Waals surface area (Å²) in [6.45, 7) is 8.64. The van der Waals surface area contributed by atoms with Gasteiger partial charge in [-0.2, -0.15) is 0 Å². The number of Topliss-reactive ketones (excluding diaryl/α,β-unsaturated/α-hetero) is 1. The molecule has 11 atom stereocenters. The van der Waals surface area contributed by atoms with Gasteiger partial charge in [-0.25, -0.2) is 4.90 Å². The first-order valence-electron chi connectivity index (χ1n) is 26.2. The number of rotatable bonds is 12. The lowest BCUT2D eigenvalue weighted by molar-refractivity contribution is -0.172. The number of primary amides is 1. The third-order valence-corrected chi connectivity index (χ3v) is 16.4. The number of carbonyl (C=O) groups is 11. The first-order valence-corrected chi connectivity index (χ1v) is 27.2. The molecule has 8 rings (SSSR count). The molecule has 26 nitrogen and oxygen atoms in total. The van der Waals surface area contributed by atoms with Crippen LogP contribution in [0.15, 0.2) is 35.4 Å². The Morgan fingerprint density at radius 1 is 0.848 bits per heavy atom. The van der Waals surface area contributed by atoms with Crippen LogP contribution >= 0.6 is 11.8 Å². The Hall–Kier alpha value is -6.94. The van der Waals surface area contributed by atoms with E-state index in [0.717, 1.165) is 28.8 Å². The van der Waals surface area contributed by atoms with Crippen LogP contribution in [0.5, 0.6) is 5.75 Å². The van der Waals surface area contributed by atoms with E-state index in [1.54, 1.807) is 47.6 Å². The number of imide groups is 1. The van der Waals surface area contributed by atoms with Gasteiger partial charge in [0.2, 0.25) is 58.8 Å². The quantitative estimate of drug-likeness (QED) is 0.0943. The van der Waals surface area contributed by atoms with E-state index in [2.05, 4.69) is 42.2 Å². The number of nitrogens with two attached hydrogens (primary N) is 1. The molecule has 0 saturated carbocycles. The van der Waals surface area contributed by atoms with E-state index in [0.29, 0.717) is 22.9 Å². The van der Waals surface area contributed by atoms with Crippen LogP contribution in [-0.4, -0.2) is 187 Å². The van der Waals surface area contributed by atoms with Crippen LogP contribution < -0.4 is 47.7 Å². The van der Waals surface area contributed by atoms with Gasteiger partial charge in [-0.05, 0) is 55.7 Å². The van der Waals surface area contributed by atoms with Crippen LogP contribution in [0.25, 0.3) is 10.9 Å². The van der Waals surface area contributed by atoms with Gasteiger partial charge in [-0.1, -0.05) is 41.0 Å². The standard InChI is InChI=1S/C52H71N11O15S/c1-8-24(2)41-47(76)55-17-37(68)56-33-21-79-49-29-15-32(44(73)54-18-38(69)60-41)58-48(77)42(25(3)35(66)20-64)61-46(75)34-13-26(65)19-62(34)52(43(72)31(16-36(53)67)57-45(33)74,78-27-9-10-28(29)30(14-27)59-49)23-50(4,5)22-51(6,7)63-39(70)11-12-40(63)71/h9-12,14,24-26,31-35,41-42,59,64-66H,8,13,15-23H2,1-7H3,(H2,53,67)(H,54,73)(H,55,76)(H,56,68)(H,57,74)(H,58,77)(H,60,69)(H,61,75)/t24-,25-,26+,31-,32-,33?,34-,35-,41-,42-,52?/m0/s1. The summed E-state index contributed by atoms with van der Waals surface area (Å²) in [5, 5.41) is 51.9. The fourth-order valence-electron chi connectivity index (χ4n) is 11.5. The third-order valence-electron chi connectivity index (χ3n) is 15.3. The maximum absolute atomic E-state index is 16.4. The number of ether oxygens (including phenoxy) is 1. The van der Waals surface area contributed by atoms with E-state index in [-0.39, 0.29) is 29.4 Å². The van der Waals surface area contributed by atoms with E-state index < -0.39 is 187 Å². The van der Waals surface area contributed by atoms with E-state index in [9.17, 15) is 58.5 Å². The molecule has 8 bridgehead atoms. The van der Waals surface area contributed by atoms with Crippen molar-refractivity contribution in [2.45, 2.75) is 152 Å². The summed E-state index contributed by atoms with van der Waals surface area (Å²) in [6.07, 6.45) is -2.71. The Balaban J connectivity index is 1.52. The van der Waals surface area contributed by atoms with Gasteiger partial charge in [-0.15, -0.1) is 11.8 Å². The summed E-state index contributed by atoms with van der Waals surface area (Å²) >= 11 is 0.977. The second kappa shape index (κ2) is 23.8. The molecule has 27 heteroatoms. The molecule has 0 spiro atoms. The number of fused-ring (bicyclic) bond motifs is 7. The average Bonchev–Trinajstić information content (AvgIpc) is 4.21. The number of aliphatic hydroxyl groups excluding tert-OH is 3. The molecular weight excluding hydrogens is 1050 g/mol. The number of amides is 10. The molecule has 0 aliphatic carbocycles. The minimum absolute atomic E-state index is 0.0391. The molecule has 6 aliphatic rings. The van der Waals surface area contributed by atoms with Crippen molar-refractivity contribution in [1.29, 1.82) is 0 Å². The highest BCUT2D eigenvalue weighted by Crippen LogP contribution is 2.46. The minimum atomic E-state index is -2.57. The van der Waals surface area contributed by atoms with Gasteiger partial charge in [0, 0.05) is 60.2 Å². The molecule has 6 aliphatic heterocycles. The van der Waals surface area contributed by atoms with Crippen molar-refractivity contribution in [3.05, 3.63) is 35.9 Å². The lowest BCUT2D eigenvalue weighted by Gasteiger charge is -2.49. The Labute approximate surface area is 459 Å². The summed E-state index contributed by atoms with van der Waals surface area (Å²) in [5.41, 5.74) is 1.40. The number of aromatic nitrogens is 1. The second-order valence-corrected chi connectivity index (χ2v) is 23.5.